The number of hydrogen-bond donors (Lipinski definition) is 1. The number of aromatic nitrogens is 1. The lowest BCUT2D eigenvalue weighted by atomic mass is 10.1. The number of carbonyl (C=O) groups is 1. The lowest BCUT2D eigenvalue weighted by molar-refractivity contribution is 0.0489. The minimum absolute atomic E-state index is 0.158. The van der Waals surface area contributed by atoms with Gasteiger partial charge in [-0.3, -0.25) is 0 Å². The number of nitrogens with zero attached hydrogens (tertiary/aromatic N) is 2. The lowest BCUT2D eigenvalue weighted by Gasteiger charge is -2.24. The van der Waals surface area contributed by atoms with Crippen LogP contribution in [0.4, 0.5) is 4.79 Å². The molecule has 1 aromatic heterocycles. The van der Waals surface area contributed by atoms with Crippen LogP contribution < -0.4 is 5.32 Å². The molecule has 0 aliphatic heterocycles. The number of rotatable bonds is 3. The molecule has 0 aliphatic carbocycles. The summed E-state index contributed by atoms with van der Waals surface area (Å²) in [6.45, 7) is 9.40. The smallest absolute Gasteiger partial charge is 0.408 e. The zero-order valence-electron chi connectivity index (χ0n) is 11.9. The van der Waals surface area contributed by atoms with Gasteiger partial charge in [0.1, 0.15) is 16.7 Å². The second kappa shape index (κ2) is 6.02. The number of carbonyl (C=O) groups excluding carboxylic acids is 1. The molecule has 0 unspecified atom stereocenters. The van der Waals surface area contributed by atoms with E-state index in [-0.39, 0.29) is 12.0 Å². The molecule has 0 saturated heterocycles. The maximum atomic E-state index is 11.8. The fourth-order valence-electron chi connectivity index (χ4n) is 1.43. The van der Waals surface area contributed by atoms with E-state index in [9.17, 15) is 4.79 Å². The first-order chi connectivity index (χ1) is 8.73. The van der Waals surface area contributed by atoms with Crippen LogP contribution in [0.15, 0.2) is 5.38 Å². The summed E-state index contributed by atoms with van der Waals surface area (Å²) in [5.74, 6) is 0.158. The second-order valence-electron chi connectivity index (χ2n) is 5.55. The molecule has 6 heteroatoms. The number of ether oxygens (including phenoxy) is 1. The van der Waals surface area contributed by atoms with Crippen molar-refractivity contribution in [2.75, 3.05) is 0 Å². The summed E-state index contributed by atoms with van der Waals surface area (Å²) in [5.41, 5.74) is -0.164. The molecule has 1 rings (SSSR count). The number of thiazole rings is 1. The van der Waals surface area contributed by atoms with Crippen LogP contribution in [-0.4, -0.2) is 16.7 Å². The Morgan fingerprint density at radius 3 is 2.58 bits per heavy atom. The molecule has 1 atom stereocenters. The van der Waals surface area contributed by atoms with Crippen LogP contribution in [0, 0.1) is 17.2 Å². The Balaban J connectivity index is 2.80. The van der Waals surface area contributed by atoms with Gasteiger partial charge in [0, 0.05) is 5.38 Å². The topological polar surface area (TPSA) is 75.0 Å². The summed E-state index contributed by atoms with van der Waals surface area (Å²) in [6.07, 6.45) is -0.472. The largest absolute Gasteiger partial charge is 0.444 e. The van der Waals surface area contributed by atoms with E-state index in [0.29, 0.717) is 5.69 Å². The number of alkyl carbamates (subject to hydrolysis) is 1. The van der Waals surface area contributed by atoms with Crippen LogP contribution in [0.3, 0.4) is 0 Å². The molecule has 1 N–H and O–H groups in total. The summed E-state index contributed by atoms with van der Waals surface area (Å²) in [6, 6.07) is 1.74. The van der Waals surface area contributed by atoms with Crippen LogP contribution in [0.5, 0.6) is 0 Å². The first-order valence-electron chi connectivity index (χ1n) is 6.08. The zero-order chi connectivity index (χ0) is 14.6. The fraction of sp³-hybridized carbons (Fsp3) is 0.615. The molecule has 0 bridgehead atoms. The standard InChI is InChI=1S/C13H19N3O2S/c1-8(2)10(11-15-9(6-14)7-19-11)16-12(17)18-13(3,4)5/h7-8,10H,1-5H3,(H,16,17)/t10-/m1/s1. The predicted molar refractivity (Wildman–Crippen MR) is 73.8 cm³/mol. The molecular weight excluding hydrogens is 262 g/mol. The number of amides is 1. The number of nitrogens with one attached hydrogen (secondary N) is 1. The average molecular weight is 281 g/mol. The second-order valence-corrected chi connectivity index (χ2v) is 6.44. The fourth-order valence-corrected chi connectivity index (χ4v) is 2.40. The minimum atomic E-state index is -0.535. The lowest BCUT2D eigenvalue weighted by Crippen LogP contribution is -2.36. The molecular formula is C13H19N3O2S. The van der Waals surface area contributed by atoms with Crippen molar-refractivity contribution in [2.45, 2.75) is 46.3 Å². The molecule has 0 fully saturated rings. The van der Waals surface area contributed by atoms with Gasteiger partial charge in [-0.05, 0) is 26.7 Å². The van der Waals surface area contributed by atoms with Gasteiger partial charge in [-0.25, -0.2) is 9.78 Å². The highest BCUT2D eigenvalue weighted by atomic mass is 32.1. The van der Waals surface area contributed by atoms with E-state index in [4.69, 9.17) is 10.00 Å². The highest BCUT2D eigenvalue weighted by Gasteiger charge is 2.24. The van der Waals surface area contributed by atoms with Crippen molar-refractivity contribution in [3.05, 3.63) is 16.1 Å². The minimum Gasteiger partial charge on any atom is -0.444 e. The Bertz CT molecular complexity index is 483. The third-order valence-corrected chi connectivity index (χ3v) is 3.17. The average Bonchev–Trinajstić information content (AvgIpc) is 2.71. The van der Waals surface area contributed by atoms with E-state index in [0.717, 1.165) is 5.01 Å². The van der Waals surface area contributed by atoms with E-state index < -0.39 is 11.7 Å². The molecule has 1 aromatic rings. The molecule has 5 nitrogen and oxygen atoms in total. The summed E-state index contributed by atoms with van der Waals surface area (Å²) >= 11 is 1.37. The molecule has 0 aromatic carbocycles. The van der Waals surface area contributed by atoms with Crippen LogP contribution in [-0.2, 0) is 4.74 Å². The third kappa shape index (κ3) is 4.87. The Kier molecular flexibility index (Phi) is 4.90. The van der Waals surface area contributed by atoms with Crippen molar-refractivity contribution in [3.63, 3.8) is 0 Å². The summed E-state index contributed by atoms with van der Waals surface area (Å²) in [7, 11) is 0. The van der Waals surface area contributed by atoms with Crippen LogP contribution in [0.25, 0.3) is 0 Å². The van der Waals surface area contributed by atoms with Crippen molar-refractivity contribution < 1.29 is 9.53 Å². The van der Waals surface area contributed by atoms with Crippen molar-refractivity contribution in [3.8, 4) is 6.07 Å². The van der Waals surface area contributed by atoms with E-state index >= 15 is 0 Å². The van der Waals surface area contributed by atoms with Gasteiger partial charge >= 0.3 is 6.09 Å². The van der Waals surface area contributed by atoms with Crippen molar-refractivity contribution >= 4 is 17.4 Å². The number of nitriles is 1. The van der Waals surface area contributed by atoms with Gasteiger partial charge in [0.25, 0.3) is 0 Å². The molecule has 1 heterocycles. The quantitative estimate of drug-likeness (QED) is 0.923. The molecule has 19 heavy (non-hydrogen) atoms. The zero-order valence-corrected chi connectivity index (χ0v) is 12.7. The van der Waals surface area contributed by atoms with Gasteiger partial charge in [-0.15, -0.1) is 11.3 Å². The first kappa shape index (κ1) is 15.4. The third-order valence-electron chi connectivity index (χ3n) is 2.24. The van der Waals surface area contributed by atoms with Gasteiger partial charge in [-0.1, -0.05) is 13.8 Å². The van der Waals surface area contributed by atoms with E-state index in [1.54, 1.807) is 5.38 Å². The Hall–Kier alpha value is -1.61. The van der Waals surface area contributed by atoms with Crippen molar-refractivity contribution in [1.29, 1.82) is 5.26 Å². The van der Waals surface area contributed by atoms with Crippen molar-refractivity contribution in [1.82, 2.24) is 10.3 Å². The molecule has 1 amide bonds. The Morgan fingerprint density at radius 2 is 2.16 bits per heavy atom. The predicted octanol–water partition coefficient (Wildman–Crippen LogP) is 3.24. The monoisotopic (exact) mass is 281 g/mol. The van der Waals surface area contributed by atoms with E-state index in [2.05, 4.69) is 10.3 Å². The van der Waals surface area contributed by atoms with Gasteiger partial charge in [-0.2, -0.15) is 5.26 Å². The Morgan fingerprint density at radius 1 is 1.53 bits per heavy atom. The number of hydrogen-bond acceptors (Lipinski definition) is 5. The Labute approximate surface area is 117 Å². The summed E-state index contributed by atoms with van der Waals surface area (Å²) in [5, 5.41) is 14.0. The van der Waals surface area contributed by atoms with Crippen LogP contribution in [0.1, 0.15) is 51.4 Å². The molecule has 0 saturated carbocycles. The van der Waals surface area contributed by atoms with E-state index in [1.807, 2.05) is 40.7 Å². The molecule has 0 radical (unpaired) electrons. The van der Waals surface area contributed by atoms with Crippen LogP contribution in [0.2, 0.25) is 0 Å². The normalized spacial score (nSPS) is 12.9. The molecule has 0 aliphatic rings. The highest BCUT2D eigenvalue weighted by Crippen LogP contribution is 2.25. The summed E-state index contributed by atoms with van der Waals surface area (Å²) in [4.78, 5) is 16.0. The maximum absolute atomic E-state index is 11.8. The van der Waals surface area contributed by atoms with Gasteiger partial charge < -0.3 is 10.1 Å². The molecule has 104 valence electrons. The SMILES string of the molecule is CC(C)[C@@H](NC(=O)OC(C)(C)C)c1nc(C#N)cs1. The van der Waals surface area contributed by atoms with Gasteiger partial charge in [0.05, 0.1) is 6.04 Å². The highest BCUT2D eigenvalue weighted by molar-refractivity contribution is 7.09. The van der Waals surface area contributed by atoms with Crippen LogP contribution >= 0.6 is 11.3 Å². The van der Waals surface area contributed by atoms with Gasteiger partial charge in [0.2, 0.25) is 0 Å². The maximum Gasteiger partial charge on any atom is 0.408 e. The summed E-state index contributed by atoms with van der Waals surface area (Å²) < 4.78 is 5.23. The van der Waals surface area contributed by atoms with E-state index in [1.165, 1.54) is 11.3 Å². The molecule has 0 spiro atoms. The first-order valence-corrected chi connectivity index (χ1v) is 6.96. The van der Waals surface area contributed by atoms with Gasteiger partial charge in [0.15, 0.2) is 5.69 Å². The van der Waals surface area contributed by atoms with Crippen molar-refractivity contribution in [2.24, 2.45) is 5.92 Å².